The van der Waals surface area contributed by atoms with Crippen LogP contribution in [0.2, 0.25) is 0 Å². The first-order valence-corrected chi connectivity index (χ1v) is 6.83. The molecule has 0 aromatic heterocycles. The van der Waals surface area contributed by atoms with Gasteiger partial charge in [0, 0.05) is 12.6 Å². The van der Waals surface area contributed by atoms with Gasteiger partial charge in [0.2, 0.25) is 0 Å². The van der Waals surface area contributed by atoms with Crippen molar-refractivity contribution in [2.75, 3.05) is 13.2 Å². The van der Waals surface area contributed by atoms with Crippen molar-refractivity contribution >= 4 is 0 Å². The van der Waals surface area contributed by atoms with Gasteiger partial charge >= 0.3 is 0 Å². The minimum Gasteiger partial charge on any atom is -0.396 e. The molecule has 0 heterocycles. The number of aliphatic hydroxyl groups is 2. The molecule has 4 atom stereocenters. The average Bonchev–Trinajstić information content (AvgIpc) is 2.72. The van der Waals surface area contributed by atoms with E-state index >= 15 is 0 Å². The smallest absolute Gasteiger partial charge is 0.0693 e. The maximum atomic E-state index is 9.73. The zero-order chi connectivity index (χ0) is 11.4. The molecule has 16 heavy (non-hydrogen) atoms. The van der Waals surface area contributed by atoms with Gasteiger partial charge in [-0.25, -0.2) is 0 Å². The fourth-order valence-corrected chi connectivity index (χ4v) is 3.27. The highest BCUT2D eigenvalue weighted by Gasteiger charge is 2.28. The molecule has 0 amide bonds. The Balaban J connectivity index is 1.75. The molecule has 2 fully saturated rings. The van der Waals surface area contributed by atoms with Gasteiger partial charge in [0.1, 0.15) is 0 Å². The normalized spacial score (nSPS) is 40.1. The highest BCUT2D eigenvalue weighted by Crippen LogP contribution is 2.29. The fraction of sp³-hybridized carbons (Fsp3) is 1.00. The Hall–Kier alpha value is -0.120. The zero-order valence-corrected chi connectivity index (χ0v) is 10.1. The van der Waals surface area contributed by atoms with Crippen LogP contribution >= 0.6 is 0 Å². The molecule has 0 radical (unpaired) electrons. The van der Waals surface area contributed by atoms with Crippen LogP contribution in [0.5, 0.6) is 0 Å². The Labute approximate surface area is 98.2 Å². The standard InChI is InChI=1S/C13H25NO2/c15-9-11-5-2-1-4-10(11)8-14-12-6-3-7-13(12)16/h10-16H,1-9H2/t10?,11?,12-,13-/m1/s1. The molecule has 0 spiro atoms. The van der Waals surface area contributed by atoms with Crippen LogP contribution in [0.3, 0.4) is 0 Å². The van der Waals surface area contributed by atoms with E-state index in [0.717, 1.165) is 25.8 Å². The number of hydrogen-bond donors (Lipinski definition) is 3. The highest BCUT2D eigenvalue weighted by molar-refractivity contribution is 4.85. The van der Waals surface area contributed by atoms with Crippen molar-refractivity contribution in [3.8, 4) is 0 Å². The van der Waals surface area contributed by atoms with Gasteiger partial charge in [-0.2, -0.15) is 0 Å². The summed E-state index contributed by atoms with van der Waals surface area (Å²) in [7, 11) is 0. The first-order chi connectivity index (χ1) is 7.81. The van der Waals surface area contributed by atoms with Crippen LogP contribution < -0.4 is 5.32 Å². The number of rotatable bonds is 4. The number of nitrogens with one attached hydrogen (secondary N) is 1. The van der Waals surface area contributed by atoms with Crippen LogP contribution in [0, 0.1) is 11.8 Å². The monoisotopic (exact) mass is 227 g/mol. The summed E-state index contributed by atoms with van der Waals surface area (Å²) in [5.74, 6) is 1.10. The molecular weight excluding hydrogens is 202 g/mol. The fourth-order valence-electron chi connectivity index (χ4n) is 3.27. The molecule has 94 valence electrons. The van der Waals surface area contributed by atoms with E-state index in [1.54, 1.807) is 0 Å². The van der Waals surface area contributed by atoms with Gasteiger partial charge in [0.25, 0.3) is 0 Å². The Morgan fingerprint density at radius 2 is 1.69 bits per heavy atom. The second-order valence-corrected chi connectivity index (χ2v) is 5.50. The molecule has 3 heteroatoms. The molecule has 3 nitrogen and oxygen atoms in total. The second-order valence-electron chi connectivity index (χ2n) is 5.50. The predicted molar refractivity (Wildman–Crippen MR) is 64.2 cm³/mol. The van der Waals surface area contributed by atoms with Crippen LogP contribution in [0.4, 0.5) is 0 Å². The third-order valence-electron chi connectivity index (χ3n) is 4.42. The van der Waals surface area contributed by atoms with Crippen molar-refractivity contribution in [3.63, 3.8) is 0 Å². The molecular formula is C13H25NO2. The number of hydrogen-bond acceptors (Lipinski definition) is 3. The van der Waals surface area contributed by atoms with Crippen LogP contribution in [-0.4, -0.2) is 35.5 Å². The SMILES string of the molecule is OCC1CCCCC1CN[C@@H]1CCC[C@H]1O. The van der Waals surface area contributed by atoms with Crippen molar-refractivity contribution in [1.82, 2.24) is 5.32 Å². The van der Waals surface area contributed by atoms with Crippen molar-refractivity contribution < 1.29 is 10.2 Å². The van der Waals surface area contributed by atoms with Gasteiger partial charge in [-0.1, -0.05) is 12.8 Å². The maximum Gasteiger partial charge on any atom is 0.0693 e. The van der Waals surface area contributed by atoms with Gasteiger partial charge in [-0.05, 0) is 50.5 Å². The van der Waals surface area contributed by atoms with Crippen molar-refractivity contribution in [2.24, 2.45) is 11.8 Å². The van der Waals surface area contributed by atoms with Gasteiger partial charge in [-0.3, -0.25) is 0 Å². The molecule has 0 saturated heterocycles. The van der Waals surface area contributed by atoms with Crippen molar-refractivity contribution in [3.05, 3.63) is 0 Å². The van der Waals surface area contributed by atoms with Gasteiger partial charge < -0.3 is 15.5 Å². The van der Waals surface area contributed by atoms with Crippen molar-refractivity contribution in [2.45, 2.75) is 57.1 Å². The maximum absolute atomic E-state index is 9.73. The summed E-state index contributed by atoms with van der Waals surface area (Å²) in [6.45, 7) is 1.31. The molecule has 2 aliphatic rings. The zero-order valence-electron chi connectivity index (χ0n) is 10.1. The molecule has 2 rings (SSSR count). The predicted octanol–water partition coefficient (Wildman–Crippen LogP) is 1.29. The van der Waals surface area contributed by atoms with Gasteiger partial charge in [-0.15, -0.1) is 0 Å². The first kappa shape index (κ1) is 12.3. The van der Waals surface area contributed by atoms with E-state index in [0.29, 0.717) is 24.5 Å². The quantitative estimate of drug-likeness (QED) is 0.678. The lowest BCUT2D eigenvalue weighted by atomic mass is 9.79. The Morgan fingerprint density at radius 3 is 2.31 bits per heavy atom. The molecule has 2 saturated carbocycles. The lowest BCUT2D eigenvalue weighted by Gasteiger charge is -2.31. The molecule has 0 aromatic carbocycles. The summed E-state index contributed by atoms with van der Waals surface area (Å²) in [6, 6.07) is 0.307. The van der Waals surface area contributed by atoms with E-state index in [2.05, 4.69) is 5.32 Å². The lowest BCUT2D eigenvalue weighted by molar-refractivity contribution is 0.115. The van der Waals surface area contributed by atoms with E-state index in [9.17, 15) is 10.2 Å². The highest BCUT2D eigenvalue weighted by atomic mass is 16.3. The molecule has 0 bridgehead atoms. The molecule has 0 aromatic rings. The third-order valence-corrected chi connectivity index (χ3v) is 4.42. The Bertz CT molecular complexity index is 210. The van der Waals surface area contributed by atoms with E-state index in [1.807, 2.05) is 0 Å². The molecule has 2 unspecified atom stereocenters. The third kappa shape index (κ3) is 2.96. The van der Waals surface area contributed by atoms with Crippen LogP contribution in [0.1, 0.15) is 44.9 Å². The lowest BCUT2D eigenvalue weighted by Crippen LogP contribution is -2.41. The summed E-state index contributed by atoms with van der Waals surface area (Å²) in [5, 5.41) is 22.6. The van der Waals surface area contributed by atoms with Gasteiger partial charge in [0.05, 0.1) is 6.10 Å². The molecule has 3 N–H and O–H groups in total. The van der Waals surface area contributed by atoms with E-state index in [1.165, 1.54) is 25.7 Å². The number of aliphatic hydroxyl groups excluding tert-OH is 2. The van der Waals surface area contributed by atoms with E-state index < -0.39 is 0 Å². The van der Waals surface area contributed by atoms with E-state index in [4.69, 9.17) is 0 Å². The summed E-state index contributed by atoms with van der Waals surface area (Å²) in [5.41, 5.74) is 0. The van der Waals surface area contributed by atoms with Gasteiger partial charge in [0.15, 0.2) is 0 Å². The van der Waals surface area contributed by atoms with Crippen LogP contribution in [-0.2, 0) is 0 Å². The second kappa shape index (κ2) is 5.99. The molecule has 2 aliphatic carbocycles. The minimum absolute atomic E-state index is 0.142. The van der Waals surface area contributed by atoms with Crippen LogP contribution in [0.25, 0.3) is 0 Å². The minimum atomic E-state index is -0.142. The first-order valence-electron chi connectivity index (χ1n) is 6.83. The average molecular weight is 227 g/mol. The van der Waals surface area contributed by atoms with Crippen LogP contribution in [0.15, 0.2) is 0 Å². The summed E-state index contributed by atoms with van der Waals surface area (Å²) in [4.78, 5) is 0. The molecule has 0 aliphatic heterocycles. The van der Waals surface area contributed by atoms with Crippen molar-refractivity contribution in [1.29, 1.82) is 0 Å². The summed E-state index contributed by atoms with van der Waals surface area (Å²) < 4.78 is 0. The Morgan fingerprint density at radius 1 is 0.938 bits per heavy atom. The largest absolute Gasteiger partial charge is 0.396 e. The summed E-state index contributed by atoms with van der Waals surface area (Å²) in [6.07, 6.45) is 8.05. The Kier molecular flexibility index (Phi) is 4.62. The topological polar surface area (TPSA) is 52.5 Å². The van der Waals surface area contributed by atoms with E-state index in [-0.39, 0.29) is 6.10 Å². The summed E-state index contributed by atoms with van der Waals surface area (Å²) >= 11 is 0.